The van der Waals surface area contributed by atoms with E-state index in [0.29, 0.717) is 5.56 Å². The van der Waals surface area contributed by atoms with Crippen LogP contribution in [-0.4, -0.2) is 35.9 Å². The van der Waals surface area contributed by atoms with Gasteiger partial charge in [0.1, 0.15) is 5.82 Å². The number of benzene rings is 1. The van der Waals surface area contributed by atoms with Gasteiger partial charge in [-0.1, -0.05) is 18.2 Å². The van der Waals surface area contributed by atoms with Crippen LogP contribution in [0, 0.1) is 0 Å². The lowest BCUT2D eigenvalue weighted by atomic mass is 10.1. The SMILES string of the molecule is O=Cc1cc2ccccc2nc1N1CCCSCC1. The van der Waals surface area contributed by atoms with E-state index in [1.807, 2.05) is 42.1 Å². The molecule has 0 spiro atoms. The molecule has 2 aromatic rings. The van der Waals surface area contributed by atoms with Gasteiger partial charge in [-0.3, -0.25) is 4.79 Å². The van der Waals surface area contributed by atoms with Crippen LogP contribution in [0.3, 0.4) is 0 Å². The Bertz CT molecular complexity index is 592. The summed E-state index contributed by atoms with van der Waals surface area (Å²) in [7, 11) is 0. The molecule has 1 aromatic heterocycles. The second-order valence-electron chi connectivity index (χ2n) is 4.66. The predicted octanol–water partition coefficient (Wildman–Crippen LogP) is 2.99. The summed E-state index contributed by atoms with van der Waals surface area (Å²) in [4.78, 5) is 18.3. The molecule has 0 saturated carbocycles. The van der Waals surface area contributed by atoms with E-state index in [2.05, 4.69) is 4.90 Å². The van der Waals surface area contributed by atoms with E-state index in [-0.39, 0.29) is 0 Å². The number of para-hydroxylation sites is 1. The molecule has 1 aromatic carbocycles. The summed E-state index contributed by atoms with van der Waals surface area (Å²) < 4.78 is 0. The van der Waals surface area contributed by atoms with Crippen LogP contribution in [0.15, 0.2) is 30.3 Å². The van der Waals surface area contributed by atoms with Crippen molar-refractivity contribution in [2.24, 2.45) is 0 Å². The fourth-order valence-electron chi connectivity index (χ4n) is 2.42. The Morgan fingerprint density at radius 3 is 3.00 bits per heavy atom. The normalized spacial score (nSPS) is 16.3. The number of pyridine rings is 1. The Morgan fingerprint density at radius 1 is 1.21 bits per heavy atom. The van der Waals surface area contributed by atoms with Crippen LogP contribution in [0.25, 0.3) is 10.9 Å². The van der Waals surface area contributed by atoms with Gasteiger partial charge in [-0.05, 0) is 24.3 Å². The fraction of sp³-hybridized carbons (Fsp3) is 0.333. The molecule has 1 aliphatic rings. The number of fused-ring (bicyclic) bond motifs is 1. The van der Waals surface area contributed by atoms with Crippen molar-refractivity contribution in [3.63, 3.8) is 0 Å². The number of rotatable bonds is 2. The van der Waals surface area contributed by atoms with E-state index in [4.69, 9.17) is 4.98 Å². The largest absolute Gasteiger partial charge is 0.355 e. The third-order valence-corrected chi connectivity index (χ3v) is 4.43. The van der Waals surface area contributed by atoms with Crippen molar-refractivity contribution in [2.45, 2.75) is 6.42 Å². The summed E-state index contributed by atoms with van der Waals surface area (Å²) in [5.41, 5.74) is 1.66. The summed E-state index contributed by atoms with van der Waals surface area (Å²) >= 11 is 1.97. The molecule has 3 rings (SSSR count). The lowest BCUT2D eigenvalue weighted by Crippen LogP contribution is -2.27. The second-order valence-corrected chi connectivity index (χ2v) is 5.89. The number of aldehydes is 1. The van der Waals surface area contributed by atoms with Crippen molar-refractivity contribution in [1.82, 2.24) is 4.98 Å². The van der Waals surface area contributed by atoms with E-state index >= 15 is 0 Å². The molecule has 0 bridgehead atoms. The van der Waals surface area contributed by atoms with Gasteiger partial charge in [0.2, 0.25) is 0 Å². The zero-order valence-corrected chi connectivity index (χ0v) is 11.5. The Morgan fingerprint density at radius 2 is 2.11 bits per heavy atom. The first-order chi connectivity index (χ1) is 9.38. The average molecular weight is 272 g/mol. The molecular weight excluding hydrogens is 256 g/mol. The lowest BCUT2D eigenvalue weighted by Gasteiger charge is -2.22. The van der Waals surface area contributed by atoms with E-state index in [9.17, 15) is 4.79 Å². The molecule has 0 N–H and O–H groups in total. The van der Waals surface area contributed by atoms with Gasteiger partial charge < -0.3 is 4.90 Å². The Kier molecular flexibility index (Phi) is 3.69. The molecule has 1 saturated heterocycles. The molecule has 98 valence electrons. The molecule has 1 fully saturated rings. The molecule has 0 amide bonds. The number of carbonyl (C=O) groups is 1. The third-order valence-electron chi connectivity index (χ3n) is 3.38. The maximum atomic E-state index is 11.3. The summed E-state index contributed by atoms with van der Waals surface area (Å²) in [5, 5.41) is 1.03. The monoisotopic (exact) mass is 272 g/mol. The number of hydrogen-bond acceptors (Lipinski definition) is 4. The average Bonchev–Trinajstić information content (AvgIpc) is 2.74. The van der Waals surface area contributed by atoms with Crippen LogP contribution in [0.1, 0.15) is 16.8 Å². The quantitative estimate of drug-likeness (QED) is 0.787. The van der Waals surface area contributed by atoms with Crippen LogP contribution in [0.2, 0.25) is 0 Å². The molecule has 19 heavy (non-hydrogen) atoms. The summed E-state index contributed by atoms with van der Waals surface area (Å²) in [6, 6.07) is 9.90. The van der Waals surface area contributed by atoms with E-state index < -0.39 is 0 Å². The molecule has 0 atom stereocenters. The van der Waals surface area contributed by atoms with Gasteiger partial charge in [0.05, 0.1) is 11.1 Å². The highest BCUT2D eigenvalue weighted by Gasteiger charge is 2.15. The summed E-state index contributed by atoms with van der Waals surface area (Å²) in [5.74, 6) is 3.14. The van der Waals surface area contributed by atoms with Crippen molar-refractivity contribution < 1.29 is 4.79 Å². The van der Waals surface area contributed by atoms with Gasteiger partial charge in [0.25, 0.3) is 0 Å². The van der Waals surface area contributed by atoms with Crippen LogP contribution in [0.4, 0.5) is 5.82 Å². The van der Waals surface area contributed by atoms with E-state index in [0.717, 1.165) is 48.3 Å². The third kappa shape index (κ3) is 2.59. The van der Waals surface area contributed by atoms with Crippen LogP contribution >= 0.6 is 11.8 Å². The highest BCUT2D eigenvalue weighted by atomic mass is 32.2. The van der Waals surface area contributed by atoms with Crippen molar-refractivity contribution >= 4 is 34.8 Å². The van der Waals surface area contributed by atoms with Gasteiger partial charge in [-0.25, -0.2) is 4.98 Å². The first kappa shape index (κ1) is 12.5. The maximum absolute atomic E-state index is 11.3. The molecule has 4 heteroatoms. The highest BCUT2D eigenvalue weighted by Crippen LogP contribution is 2.24. The van der Waals surface area contributed by atoms with Crippen molar-refractivity contribution in [2.75, 3.05) is 29.5 Å². The van der Waals surface area contributed by atoms with Gasteiger partial charge >= 0.3 is 0 Å². The van der Waals surface area contributed by atoms with Crippen molar-refractivity contribution in [3.8, 4) is 0 Å². The minimum atomic E-state index is 0.700. The van der Waals surface area contributed by atoms with Gasteiger partial charge in [-0.15, -0.1) is 0 Å². The number of carbonyl (C=O) groups excluding carboxylic acids is 1. The number of hydrogen-bond donors (Lipinski definition) is 0. The summed E-state index contributed by atoms with van der Waals surface area (Å²) in [6.07, 6.45) is 2.07. The minimum absolute atomic E-state index is 0.700. The van der Waals surface area contributed by atoms with Gasteiger partial charge in [-0.2, -0.15) is 11.8 Å². The Balaban J connectivity index is 2.07. The number of anilines is 1. The second kappa shape index (κ2) is 5.61. The molecule has 0 radical (unpaired) electrons. The smallest absolute Gasteiger partial charge is 0.153 e. The molecule has 0 unspecified atom stereocenters. The topological polar surface area (TPSA) is 33.2 Å². The first-order valence-electron chi connectivity index (χ1n) is 6.56. The number of nitrogens with zero attached hydrogens (tertiary/aromatic N) is 2. The molecule has 3 nitrogen and oxygen atoms in total. The maximum Gasteiger partial charge on any atom is 0.153 e. The van der Waals surface area contributed by atoms with E-state index in [1.54, 1.807) is 0 Å². The Labute approximate surface area is 117 Å². The number of thioether (sulfide) groups is 1. The van der Waals surface area contributed by atoms with Crippen LogP contribution in [-0.2, 0) is 0 Å². The zero-order valence-electron chi connectivity index (χ0n) is 10.7. The fourth-order valence-corrected chi connectivity index (χ4v) is 3.31. The standard InChI is InChI=1S/C15H16N2OS/c18-11-13-10-12-4-1-2-5-14(12)16-15(13)17-6-3-8-19-9-7-17/h1-2,4-5,10-11H,3,6-9H2. The molecular formula is C15H16N2OS. The van der Waals surface area contributed by atoms with Crippen LogP contribution < -0.4 is 4.90 Å². The lowest BCUT2D eigenvalue weighted by molar-refractivity contribution is 0.112. The van der Waals surface area contributed by atoms with Gasteiger partial charge in [0, 0.05) is 24.2 Å². The molecule has 0 aliphatic carbocycles. The van der Waals surface area contributed by atoms with Crippen LogP contribution in [0.5, 0.6) is 0 Å². The van der Waals surface area contributed by atoms with Gasteiger partial charge in [0.15, 0.2) is 6.29 Å². The first-order valence-corrected chi connectivity index (χ1v) is 7.71. The minimum Gasteiger partial charge on any atom is -0.355 e. The zero-order chi connectivity index (χ0) is 13.1. The van der Waals surface area contributed by atoms with E-state index in [1.165, 1.54) is 5.75 Å². The highest BCUT2D eigenvalue weighted by molar-refractivity contribution is 7.99. The molecule has 1 aliphatic heterocycles. The summed E-state index contributed by atoms with van der Waals surface area (Å²) in [6.45, 7) is 1.95. The van der Waals surface area contributed by atoms with Crippen molar-refractivity contribution in [1.29, 1.82) is 0 Å². The Hall–Kier alpha value is -1.55. The van der Waals surface area contributed by atoms with Crippen molar-refractivity contribution in [3.05, 3.63) is 35.9 Å². The number of aromatic nitrogens is 1. The molecule has 2 heterocycles. The predicted molar refractivity (Wildman–Crippen MR) is 81.3 cm³/mol.